The van der Waals surface area contributed by atoms with E-state index < -0.39 is 5.97 Å². The fourth-order valence-corrected chi connectivity index (χ4v) is 1.72. The number of benzene rings is 1. The van der Waals surface area contributed by atoms with E-state index in [0.29, 0.717) is 17.1 Å². The largest absolute Gasteiger partial charge is 0.493 e. The molecule has 0 atom stereocenters. The molecule has 0 radical (unpaired) electrons. The number of carbonyl (C=O) groups excluding carboxylic acids is 1. The number of aromatic carboxylic acids is 1. The van der Waals surface area contributed by atoms with Gasteiger partial charge in [0.05, 0.1) is 20.4 Å². The molecule has 21 heavy (non-hydrogen) atoms. The molecule has 8 heteroatoms. The second-order valence-electron chi connectivity index (χ2n) is 4.10. The maximum Gasteiger partial charge on any atom is 0.358 e. The molecule has 0 saturated carbocycles. The van der Waals surface area contributed by atoms with Crippen LogP contribution in [-0.4, -0.2) is 46.1 Å². The molecule has 0 saturated heterocycles. The Labute approximate surface area is 119 Å². The highest BCUT2D eigenvalue weighted by molar-refractivity contribution is 5.96. The second kappa shape index (κ2) is 6.04. The van der Waals surface area contributed by atoms with Gasteiger partial charge >= 0.3 is 5.97 Å². The van der Waals surface area contributed by atoms with E-state index in [2.05, 4.69) is 10.3 Å². The standard InChI is InChI=1S/C13H13N3O5/c1-20-11-4-3-8(5-12(11)21-2)10(17)7-16-6-9(13(18)19)14-15-16/h3-6H,7H2,1-2H3,(H,18,19). The summed E-state index contributed by atoms with van der Waals surface area (Å²) in [5.41, 5.74) is 0.190. The molecule has 1 aromatic heterocycles. The lowest BCUT2D eigenvalue weighted by Crippen LogP contribution is -2.11. The van der Waals surface area contributed by atoms with Crippen LogP contribution in [0.25, 0.3) is 0 Å². The summed E-state index contributed by atoms with van der Waals surface area (Å²) < 4.78 is 11.4. The Morgan fingerprint density at radius 2 is 1.95 bits per heavy atom. The zero-order valence-electron chi connectivity index (χ0n) is 11.4. The van der Waals surface area contributed by atoms with Crippen LogP contribution >= 0.6 is 0 Å². The number of nitrogens with zero attached hydrogens (tertiary/aromatic N) is 3. The van der Waals surface area contributed by atoms with Gasteiger partial charge in [0.25, 0.3) is 0 Å². The molecular formula is C13H13N3O5. The van der Waals surface area contributed by atoms with Crippen molar-refractivity contribution in [2.75, 3.05) is 14.2 Å². The van der Waals surface area contributed by atoms with E-state index in [0.717, 1.165) is 0 Å². The van der Waals surface area contributed by atoms with E-state index in [4.69, 9.17) is 14.6 Å². The van der Waals surface area contributed by atoms with Crippen molar-refractivity contribution < 1.29 is 24.2 Å². The van der Waals surface area contributed by atoms with Gasteiger partial charge in [-0.2, -0.15) is 0 Å². The predicted octanol–water partition coefficient (Wildman–Crippen LogP) is 0.876. The van der Waals surface area contributed by atoms with Gasteiger partial charge in [0.1, 0.15) is 6.54 Å². The molecule has 1 aromatic carbocycles. The molecule has 0 spiro atoms. The molecule has 0 aliphatic rings. The third kappa shape index (κ3) is 3.16. The van der Waals surface area contributed by atoms with Gasteiger partial charge in [0, 0.05) is 5.56 Å². The molecule has 0 amide bonds. The number of carboxylic acid groups (broad SMARTS) is 1. The first kappa shape index (κ1) is 14.5. The van der Waals surface area contributed by atoms with Crippen molar-refractivity contribution in [2.45, 2.75) is 6.54 Å². The van der Waals surface area contributed by atoms with Crippen LogP contribution in [0.3, 0.4) is 0 Å². The van der Waals surface area contributed by atoms with Gasteiger partial charge in [-0.05, 0) is 18.2 Å². The SMILES string of the molecule is COc1ccc(C(=O)Cn2cc(C(=O)O)nn2)cc1OC. The zero-order chi connectivity index (χ0) is 15.4. The molecule has 1 N–H and O–H groups in total. The molecule has 0 fully saturated rings. The summed E-state index contributed by atoms with van der Waals surface area (Å²) in [4.78, 5) is 22.8. The van der Waals surface area contributed by atoms with E-state index in [-0.39, 0.29) is 18.0 Å². The fourth-order valence-electron chi connectivity index (χ4n) is 1.72. The lowest BCUT2D eigenvalue weighted by atomic mass is 10.1. The third-order valence-electron chi connectivity index (χ3n) is 2.77. The van der Waals surface area contributed by atoms with E-state index in [1.807, 2.05) is 0 Å². The summed E-state index contributed by atoms with van der Waals surface area (Å²) in [5, 5.41) is 15.8. The van der Waals surface area contributed by atoms with E-state index >= 15 is 0 Å². The highest BCUT2D eigenvalue weighted by atomic mass is 16.5. The Hall–Kier alpha value is -2.90. The Morgan fingerprint density at radius 1 is 1.24 bits per heavy atom. The molecule has 0 aliphatic carbocycles. The first-order valence-electron chi connectivity index (χ1n) is 5.93. The van der Waals surface area contributed by atoms with Crippen LogP contribution in [0, 0.1) is 0 Å². The Morgan fingerprint density at radius 3 is 2.52 bits per heavy atom. The molecule has 1 heterocycles. The van der Waals surface area contributed by atoms with Gasteiger partial charge in [-0.1, -0.05) is 5.21 Å². The Balaban J connectivity index is 2.17. The summed E-state index contributed by atoms with van der Waals surface area (Å²) in [6, 6.07) is 4.77. The van der Waals surface area contributed by atoms with Crippen LogP contribution in [0.5, 0.6) is 11.5 Å². The van der Waals surface area contributed by atoms with Gasteiger partial charge in [-0.3, -0.25) is 4.79 Å². The summed E-state index contributed by atoms with van der Waals surface area (Å²) in [5.74, 6) is -0.492. The van der Waals surface area contributed by atoms with Crippen LogP contribution in [-0.2, 0) is 6.54 Å². The minimum atomic E-state index is -1.19. The fraction of sp³-hybridized carbons (Fsp3) is 0.231. The third-order valence-corrected chi connectivity index (χ3v) is 2.77. The number of hydrogen-bond donors (Lipinski definition) is 1. The minimum Gasteiger partial charge on any atom is -0.493 e. The second-order valence-corrected chi connectivity index (χ2v) is 4.10. The number of carboxylic acids is 1. The number of aromatic nitrogens is 3. The number of methoxy groups -OCH3 is 2. The number of hydrogen-bond acceptors (Lipinski definition) is 6. The van der Waals surface area contributed by atoms with Gasteiger partial charge in [-0.15, -0.1) is 5.10 Å². The van der Waals surface area contributed by atoms with Crippen molar-refractivity contribution in [2.24, 2.45) is 0 Å². The van der Waals surface area contributed by atoms with Gasteiger partial charge in [-0.25, -0.2) is 9.48 Å². The van der Waals surface area contributed by atoms with Crippen molar-refractivity contribution >= 4 is 11.8 Å². The highest BCUT2D eigenvalue weighted by Gasteiger charge is 2.14. The molecule has 110 valence electrons. The molecule has 0 bridgehead atoms. The predicted molar refractivity (Wildman–Crippen MR) is 70.9 cm³/mol. The summed E-state index contributed by atoms with van der Waals surface area (Å²) in [7, 11) is 2.98. The molecule has 0 unspecified atom stereocenters. The van der Waals surface area contributed by atoms with Crippen LogP contribution in [0.15, 0.2) is 24.4 Å². The summed E-state index contributed by atoms with van der Waals surface area (Å²) in [6.45, 7) is -0.115. The number of Topliss-reactive ketones (excluding diaryl/α,β-unsaturated/α-hetero) is 1. The van der Waals surface area contributed by atoms with E-state index in [9.17, 15) is 9.59 Å². The minimum absolute atomic E-state index is 0.115. The number of ether oxygens (including phenoxy) is 2. The topological polar surface area (TPSA) is 104 Å². The van der Waals surface area contributed by atoms with Gasteiger partial charge in [0.2, 0.25) is 0 Å². The van der Waals surface area contributed by atoms with Crippen LogP contribution in [0.2, 0.25) is 0 Å². The lowest BCUT2D eigenvalue weighted by molar-refractivity contribution is 0.0690. The summed E-state index contributed by atoms with van der Waals surface area (Å²) in [6.07, 6.45) is 1.20. The molecule has 2 aromatic rings. The maximum absolute atomic E-state index is 12.1. The normalized spacial score (nSPS) is 10.2. The number of rotatable bonds is 6. The van der Waals surface area contributed by atoms with Crippen molar-refractivity contribution in [3.05, 3.63) is 35.7 Å². The number of ketones is 1. The van der Waals surface area contributed by atoms with Crippen molar-refractivity contribution in [3.8, 4) is 11.5 Å². The van der Waals surface area contributed by atoms with Crippen LogP contribution < -0.4 is 9.47 Å². The average molecular weight is 291 g/mol. The average Bonchev–Trinajstić information content (AvgIpc) is 2.95. The van der Waals surface area contributed by atoms with Gasteiger partial charge < -0.3 is 14.6 Å². The van der Waals surface area contributed by atoms with Gasteiger partial charge in [0.15, 0.2) is 23.0 Å². The zero-order valence-corrected chi connectivity index (χ0v) is 11.4. The Kier molecular flexibility index (Phi) is 4.17. The summed E-state index contributed by atoms with van der Waals surface area (Å²) >= 11 is 0. The van der Waals surface area contributed by atoms with E-state index in [1.54, 1.807) is 18.2 Å². The molecule has 8 nitrogen and oxygen atoms in total. The molecular weight excluding hydrogens is 278 g/mol. The first-order chi connectivity index (χ1) is 10.0. The van der Waals surface area contributed by atoms with Crippen molar-refractivity contribution in [1.29, 1.82) is 0 Å². The Bertz CT molecular complexity index is 680. The number of carbonyl (C=O) groups is 2. The lowest BCUT2D eigenvalue weighted by Gasteiger charge is -2.08. The maximum atomic E-state index is 12.1. The van der Waals surface area contributed by atoms with Crippen molar-refractivity contribution in [1.82, 2.24) is 15.0 Å². The molecule has 2 rings (SSSR count). The smallest absolute Gasteiger partial charge is 0.358 e. The monoisotopic (exact) mass is 291 g/mol. The van der Waals surface area contributed by atoms with Crippen LogP contribution in [0.4, 0.5) is 0 Å². The van der Waals surface area contributed by atoms with E-state index in [1.165, 1.54) is 25.1 Å². The molecule has 0 aliphatic heterocycles. The van der Waals surface area contributed by atoms with Crippen LogP contribution in [0.1, 0.15) is 20.8 Å². The first-order valence-corrected chi connectivity index (χ1v) is 5.93. The quantitative estimate of drug-likeness (QED) is 0.788. The highest BCUT2D eigenvalue weighted by Crippen LogP contribution is 2.27. The van der Waals surface area contributed by atoms with Crippen molar-refractivity contribution in [3.63, 3.8) is 0 Å².